The standard InChI is InChI=1S/C9H19NO3S/c1-3-7(2)9(11)4-10-8-5-14(12,13)6-8/h7-11H,3-6H2,1-2H3. The SMILES string of the molecule is CCC(C)C(O)CNC1CS(=O)(=O)C1. The Morgan fingerprint density at radius 1 is 1.50 bits per heavy atom. The van der Waals surface area contributed by atoms with Crippen molar-refractivity contribution < 1.29 is 13.5 Å². The molecule has 4 nitrogen and oxygen atoms in total. The number of hydrogen-bond donors (Lipinski definition) is 2. The minimum Gasteiger partial charge on any atom is -0.392 e. The molecule has 1 fully saturated rings. The van der Waals surface area contributed by atoms with Crippen LogP contribution in [0.3, 0.4) is 0 Å². The Morgan fingerprint density at radius 3 is 2.50 bits per heavy atom. The first kappa shape index (κ1) is 11.9. The lowest BCUT2D eigenvalue weighted by molar-refractivity contribution is 0.110. The Morgan fingerprint density at radius 2 is 2.07 bits per heavy atom. The third-order valence-corrected chi connectivity index (χ3v) is 4.65. The molecular formula is C9H19NO3S. The van der Waals surface area contributed by atoms with Crippen molar-refractivity contribution in [1.29, 1.82) is 0 Å². The molecule has 0 amide bonds. The molecule has 0 aromatic carbocycles. The molecule has 84 valence electrons. The Labute approximate surface area is 85.6 Å². The lowest BCUT2D eigenvalue weighted by atomic mass is 10.0. The van der Waals surface area contributed by atoms with E-state index in [1.807, 2.05) is 13.8 Å². The van der Waals surface area contributed by atoms with Crippen LogP contribution in [0.25, 0.3) is 0 Å². The lowest BCUT2D eigenvalue weighted by Gasteiger charge is -2.28. The highest BCUT2D eigenvalue weighted by Crippen LogP contribution is 2.11. The second-order valence-electron chi connectivity index (χ2n) is 4.13. The highest BCUT2D eigenvalue weighted by Gasteiger charge is 2.33. The third-order valence-electron chi connectivity index (χ3n) is 2.83. The molecule has 1 rings (SSSR count). The molecule has 1 heterocycles. The van der Waals surface area contributed by atoms with Crippen LogP contribution in [0, 0.1) is 5.92 Å². The summed E-state index contributed by atoms with van der Waals surface area (Å²) in [5.41, 5.74) is 0. The maximum atomic E-state index is 10.8. The van der Waals surface area contributed by atoms with Gasteiger partial charge in [0.1, 0.15) is 0 Å². The van der Waals surface area contributed by atoms with E-state index in [1.165, 1.54) is 0 Å². The van der Waals surface area contributed by atoms with Crippen LogP contribution in [0.1, 0.15) is 20.3 Å². The van der Waals surface area contributed by atoms with Gasteiger partial charge in [0.05, 0.1) is 17.6 Å². The number of rotatable bonds is 5. The van der Waals surface area contributed by atoms with Crippen LogP contribution >= 0.6 is 0 Å². The van der Waals surface area contributed by atoms with Gasteiger partial charge < -0.3 is 10.4 Å². The Hall–Kier alpha value is -0.130. The lowest BCUT2D eigenvalue weighted by Crippen LogP contribution is -2.53. The van der Waals surface area contributed by atoms with Crippen molar-refractivity contribution in [1.82, 2.24) is 5.32 Å². The molecular weight excluding hydrogens is 202 g/mol. The van der Waals surface area contributed by atoms with Gasteiger partial charge in [0.15, 0.2) is 9.84 Å². The molecule has 1 saturated heterocycles. The molecule has 2 unspecified atom stereocenters. The monoisotopic (exact) mass is 221 g/mol. The maximum Gasteiger partial charge on any atom is 0.153 e. The highest BCUT2D eigenvalue weighted by molar-refractivity contribution is 7.92. The summed E-state index contributed by atoms with van der Waals surface area (Å²) in [4.78, 5) is 0. The predicted molar refractivity (Wildman–Crippen MR) is 55.9 cm³/mol. The average molecular weight is 221 g/mol. The van der Waals surface area contributed by atoms with Crippen molar-refractivity contribution >= 4 is 9.84 Å². The number of hydrogen-bond acceptors (Lipinski definition) is 4. The molecule has 0 bridgehead atoms. The largest absolute Gasteiger partial charge is 0.392 e. The first-order valence-corrected chi connectivity index (χ1v) is 6.88. The van der Waals surface area contributed by atoms with E-state index in [4.69, 9.17) is 0 Å². The minimum absolute atomic E-state index is 0.0544. The quantitative estimate of drug-likeness (QED) is 0.673. The third kappa shape index (κ3) is 3.22. The van der Waals surface area contributed by atoms with E-state index in [1.54, 1.807) is 0 Å². The zero-order valence-corrected chi connectivity index (χ0v) is 9.55. The molecule has 1 aliphatic heterocycles. The molecule has 0 spiro atoms. The Kier molecular flexibility index (Phi) is 3.92. The van der Waals surface area contributed by atoms with Crippen LogP contribution in [0.2, 0.25) is 0 Å². The van der Waals surface area contributed by atoms with Crippen molar-refractivity contribution in [3.8, 4) is 0 Å². The van der Waals surface area contributed by atoms with E-state index in [0.717, 1.165) is 6.42 Å². The van der Waals surface area contributed by atoms with Crippen LogP contribution in [-0.4, -0.2) is 43.7 Å². The Balaban J connectivity index is 2.16. The van der Waals surface area contributed by atoms with E-state index in [-0.39, 0.29) is 29.6 Å². The molecule has 0 aromatic heterocycles. The number of nitrogens with one attached hydrogen (secondary N) is 1. The van der Waals surface area contributed by atoms with Crippen LogP contribution in [0.4, 0.5) is 0 Å². The summed E-state index contributed by atoms with van der Waals surface area (Å²) in [5, 5.41) is 12.7. The fourth-order valence-corrected chi connectivity index (χ4v) is 2.81. The summed E-state index contributed by atoms with van der Waals surface area (Å²) < 4.78 is 21.7. The van der Waals surface area contributed by atoms with Gasteiger partial charge in [-0.3, -0.25) is 0 Å². The van der Waals surface area contributed by atoms with Gasteiger partial charge >= 0.3 is 0 Å². The van der Waals surface area contributed by atoms with Crippen LogP contribution in [0.15, 0.2) is 0 Å². The van der Waals surface area contributed by atoms with Gasteiger partial charge in [-0.15, -0.1) is 0 Å². The van der Waals surface area contributed by atoms with Gasteiger partial charge in [0.2, 0.25) is 0 Å². The predicted octanol–water partition coefficient (Wildman–Crippen LogP) is -0.220. The van der Waals surface area contributed by atoms with E-state index in [2.05, 4.69) is 5.32 Å². The molecule has 2 N–H and O–H groups in total. The van der Waals surface area contributed by atoms with Crippen molar-refractivity contribution in [2.45, 2.75) is 32.4 Å². The second kappa shape index (κ2) is 4.59. The van der Waals surface area contributed by atoms with E-state index in [9.17, 15) is 13.5 Å². The van der Waals surface area contributed by atoms with Crippen molar-refractivity contribution in [3.05, 3.63) is 0 Å². The van der Waals surface area contributed by atoms with E-state index < -0.39 is 9.84 Å². The summed E-state index contributed by atoms with van der Waals surface area (Å²) in [6, 6.07) is 0.0544. The van der Waals surface area contributed by atoms with Gasteiger partial charge in [-0.05, 0) is 5.92 Å². The van der Waals surface area contributed by atoms with Gasteiger partial charge in [-0.25, -0.2) is 8.42 Å². The maximum absolute atomic E-state index is 10.8. The number of aliphatic hydroxyl groups is 1. The number of aliphatic hydroxyl groups excluding tert-OH is 1. The van der Waals surface area contributed by atoms with Crippen molar-refractivity contribution in [2.75, 3.05) is 18.1 Å². The molecule has 0 radical (unpaired) electrons. The summed E-state index contributed by atoms with van der Waals surface area (Å²) in [5.74, 6) is 0.708. The molecule has 5 heteroatoms. The van der Waals surface area contributed by atoms with Crippen LogP contribution < -0.4 is 5.32 Å². The first-order valence-electron chi connectivity index (χ1n) is 5.06. The van der Waals surface area contributed by atoms with Gasteiger partial charge in [0, 0.05) is 12.6 Å². The molecule has 0 saturated carbocycles. The van der Waals surface area contributed by atoms with Crippen molar-refractivity contribution in [2.24, 2.45) is 5.92 Å². The first-order chi connectivity index (χ1) is 6.44. The highest BCUT2D eigenvalue weighted by atomic mass is 32.2. The van der Waals surface area contributed by atoms with E-state index >= 15 is 0 Å². The Bertz CT molecular complexity index is 264. The minimum atomic E-state index is -2.75. The molecule has 0 aromatic rings. The fraction of sp³-hybridized carbons (Fsp3) is 1.00. The van der Waals surface area contributed by atoms with Crippen LogP contribution in [0.5, 0.6) is 0 Å². The van der Waals surface area contributed by atoms with Gasteiger partial charge in [0.25, 0.3) is 0 Å². The van der Waals surface area contributed by atoms with Gasteiger partial charge in [-0.2, -0.15) is 0 Å². The molecule has 0 aliphatic carbocycles. The van der Waals surface area contributed by atoms with Crippen LogP contribution in [-0.2, 0) is 9.84 Å². The smallest absolute Gasteiger partial charge is 0.153 e. The fourth-order valence-electron chi connectivity index (χ4n) is 1.44. The summed E-state index contributed by atoms with van der Waals surface area (Å²) in [7, 11) is -2.75. The zero-order valence-electron chi connectivity index (χ0n) is 8.73. The molecule has 14 heavy (non-hydrogen) atoms. The normalized spacial score (nSPS) is 25.4. The van der Waals surface area contributed by atoms with Gasteiger partial charge in [-0.1, -0.05) is 20.3 Å². The zero-order chi connectivity index (χ0) is 10.8. The second-order valence-corrected chi connectivity index (χ2v) is 6.29. The summed E-state index contributed by atoms with van der Waals surface area (Å²) in [6.45, 7) is 4.51. The average Bonchev–Trinajstić information content (AvgIpc) is 2.09. The summed E-state index contributed by atoms with van der Waals surface area (Å²) >= 11 is 0. The van der Waals surface area contributed by atoms with E-state index in [0.29, 0.717) is 6.54 Å². The number of sulfone groups is 1. The van der Waals surface area contributed by atoms with Crippen molar-refractivity contribution in [3.63, 3.8) is 0 Å². The topological polar surface area (TPSA) is 66.4 Å². The molecule has 1 aliphatic rings. The summed E-state index contributed by atoms with van der Waals surface area (Å²) in [6.07, 6.45) is 0.564. The molecule has 2 atom stereocenters.